The van der Waals surface area contributed by atoms with Crippen LogP contribution in [0.2, 0.25) is 0 Å². The standard InChI is InChI=1S/C19H20N4O5/c1-4-28-14-9-10-20-17-16(14)18(25)23(19(26)22(17)2)11-15(24)21-12-5-7-13(27-3)8-6-12/h5-10H,4,11H2,1-3H3,(H,21,24). The summed E-state index contributed by atoms with van der Waals surface area (Å²) in [5.74, 6) is 0.455. The molecule has 0 saturated heterocycles. The van der Waals surface area contributed by atoms with Crippen LogP contribution in [0, 0.1) is 0 Å². The van der Waals surface area contributed by atoms with Gasteiger partial charge in [-0.15, -0.1) is 0 Å². The number of aromatic nitrogens is 3. The van der Waals surface area contributed by atoms with Gasteiger partial charge < -0.3 is 14.8 Å². The Balaban J connectivity index is 1.98. The third-order valence-electron chi connectivity index (χ3n) is 4.16. The Kier molecular flexibility index (Phi) is 5.44. The van der Waals surface area contributed by atoms with E-state index in [-0.39, 0.29) is 11.0 Å². The van der Waals surface area contributed by atoms with Crippen LogP contribution in [-0.2, 0) is 18.4 Å². The van der Waals surface area contributed by atoms with E-state index in [1.165, 1.54) is 17.8 Å². The van der Waals surface area contributed by atoms with Crippen LogP contribution in [0.3, 0.4) is 0 Å². The minimum absolute atomic E-state index is 0.156. The van der Waals surface area contributed by atoms with Crippen molar-refractivity contribution in [2.45, 2.75) is 13.5 Å². The monoisotopic (exact) mass is 384 g/mol. The predicted molar refractivity (Wildman–Crippen MR) is 104 cm³/mol. The van der Waals surface area contributed by atoms with Crippen molar-refractivity contribution in [1.82, 2.24) is 14.1 Å². The van der Waals surface area contributed by atoms with Gasteiger partial charge in [-0.05, 0) is 37.3 Å². The number of rotatable bonds is 6. The number of carbonyl (C=O) groups excluding carboxylic acids is 1. The summed E-state index contributed by atoms with van der Waals surface area (Å²) in [5, 5.41) is 2.81. The number of hydrogen-bond acceptors (Lipinski definition) is 6. The van der Waals surface area contributed by atoms with Gasteiger partial charge in [-0.3, -0.25) is 14.2 Å². The second kappa shape index (κ2) is 7.95. The molecule has 0 saturated carbocycles. The van der Waals surface area contributed by atoms with Crippen molar-refractivity contribution in [3.8, 4) is 11.5 Å². The highest BCUT2D eigenvalue weighted by Gasteiger charge is 2.18. The van der Waals surface area contributed by atoms with Crippen molar-refractivity contribution in [3.05, 3.63) is 57.4 Å². The van der Waals surface area contributed by atoms with E-state index in [1.54, 1.807) is 44.4 Å². The number of fused-ring (bicyclic) bond motifs is 1. The Hall–Kier alpha value is -3.62. The van der Waals surface area contributed by atoms with E-state index in [4.69, 9.17) is 9.47 Å². The second-order valence-corrected chi connectivity index (χ2v) is 5.95. The smallest absolute Gasteiger partial charge is 0.332 e. The van der Waals surface area contributed by atoms with Crippen molar-refractivity contribution in [2.75, 3.05) is 19.0 Å². The highest BCUT2D eigenvalue weighted by atomic mass is 16.5. The SMILES string of the molecule is CCOc1ccnc2c1c(=O)n(CC(=O)Nc1ccc(OC)cc1)c(=O)n2C. The number of carbonyl (C=O) groups is 1. The molecular formula is C19H20N4O5. The van der Waals surface area contributed by atoms with E-state index >= 15 is 0 Å². The fourth-order valence-corrected chi connectivity index (χ4v) is 2.82. The van der Waals surface area contributed by atoms with Gasteiger partial charge in [0.2, 0.25) is 5.91 Å². The van der Waals surface area contributed by atoms with Gasteiger partial charge in [0.15, 0.2) is 5.65 Å². The van der Waals surface area contributed by atoms with Gasteiger partial charge in [0, 0.05) is 18.9 Å². The Bertz CT molecular complexity index is 1130. The van der Waals surface area contributed by atoms with Crippen molar-refractivity contribution in [1.29, 1.82) is 0 Å². The zero-order valence-corrected chi connectivity index (χ0v) is 15.8. The lowest BCUT2D eigenvalue weighted by Gasteiger charge is -2.13. The van der Waals surface area contributed by atoms with Crippen LogP contribution in [0.25, 0.3) is 11.0 Å². The highest BCUT2D eigenvalue weighted by molar-refractivity contribution is 5.91. The van der Waals surface area contributed by atoms with Crippen LogP contribution in [0.15, 0.2) is 46.1 Å². The molecule has 0 bridgehead atoms. The molecular weight excluding hydrogens is 364 g/mol. The average molecular weight is 384 g/mol. The molecule has 2 heterocycles. The lowest BCUT2D eigenvalue weighted by molar-refractivity contribution is -0.116. The maximum Gasteiger partial charge on any atom is 0.332 e. The van der Waals surface area contributed by atoms with E-state index in [0.717, 1.165) is 4.57 Å². The van der Waals surface area contributed by atoms with Gasteiger partial charge >= 0.3 is 5.69 Å². The molecule has 1 N–H and O–H groups in total. The molecule has 1 aromatic carbocycles. The van der Waals surface area contributed by atoms with Crippen LogP contribution in [0.1, 0.15) is 6.92 Å². The first kappa shape index (κ1) is 19.2. The molecule has 3 aromatic rings. The molecule has 0 aliphatic heterocycles. The van der Waals surface area contributed by atoms with Crippen LogP contribution in [0.4, 0.5) is 5.69 Å². The average Bonchev–Trinajstić information content (AvgIpc) is 2.70. The molecule has 0 radical (unpaired) electrons. The number of ether oxygens (including phenoxy) is 2. The van der Waals surface area contributed by atoms with Gasteiger partial charge in [-0.1, -0.05) is 0 Å². The molecule has 0 unspecified atom stereocenters. The molecule has 0 fully saturated rings. The summed E-state index contributed by atoms with van der Waals surface area (Å²) < 4.78 is 12.6. The first-order valence-corrected chi connectivity index (χ1v) is 8.61. The van der Waals surface area contributed by atoms with Crippen molar-refractivity contribution in [2.24, 2.45) is 7.05 Å². The van der Waals surface area contributed by atoms with Gasteiger partial charge in [0.1, 0.15) is 23.4 Å². The summed E-state index contributed by atoms with van der Waals surface area (Å²) in [5.41, 5.74) is -0.538. The topological polar surface area (TPSA) is 104 Å². The number of amides is 1. The van der Waals surface area contributed by atoms with E-state index in [0.29, 0.717) is 23.8 Å². The summed E-state index contributed by atoms with van der Waals surface area (Å²) in [6.07, 6.45) is 1.47. The Morgan fingerprint density at radius 3 is 2.54 bits per heavy atom. The van der Waals surface area contributed by atoms with E-state index in [1.807, 2.05) is 0 Å². The predicted octanol–water partition coefficient (Wildman–Crippen LogP) is 1.14. The Morgan fingerprint density at radius 2 is 1.89 bits per heavy atom. The lowest BCUT2D eigenvalue weighted by atomic mass is 10.3. The fraction of sp³-hybridized carbons (Fsp3) is 0.263. The largest absolute Gasteiger partial charge is 0.497 e. The molecule has 28 heavy (non-hydrogen) atoms. The highest BCUT2D eigenvalue weighted by Crippen LogP contribution is 2.19. The van der Waals surface area contributed by atoms with Gasteiger partial charge in [-0.2, -0.15) is 0 Å². The molecule has 9 nitrogen and oxygen atoms in total. The molecule has 3 rings (SSSR count). The third kappa shape index (κ3) is 3.59. The minimum atomic E-state index is -0.636. The third-order valence-corrected chi connectivity index (χ3v) is 4.16. The Labute approximate surface area is 160 Å². The molecule has 9 heteroatoms. The van der Waals surface area contributed by atoms with E-state index < -0.39 is 23.7 Å². The van der Waals surface area contributed by atoms with E-state index in [2.05, 4.69) is 10.3 Å². The van der Waals surface area contributed by atoms with E-state index in [9.17, 15) is 14.4 Å². The summed E-state index contributed by atoms with van der Waals surface area (Å²) in [6.45, 7) is 1.70. The summed E-state index contributed by atoms with van der Waals surface area (Å²) >= 11 is 0. The molecule has 1 amide bonds. The maximum absolute atomic E-state index is 12.9. The van der Waals surface area contributed by atoms with Crippen molar-refractivity contribution < 1.29 is 14.3 Å². The summed E-state index contributed by atoms with van der Waals surface area (Å²) in [7, 11) is 3.03. The Morgan fingerprint density at radius 1 is 1.18 bits per heavy atom. The minimum Gasteiger partial charge on any atom is -0.497 e. The van der Waals surface area contributed by atoms with Crippen LogP contribution >= 0.6 is 0 Å². The zero-order chi connectivity index (χ0) is 20.3. The number of anilines is 1. The first-order valence-electron chi connectivity index (χ1n) is 8.61. The van der Waals surface area contributed by atoms with Crippen LogP contribution in [0.5, 0.6) is 11.5 Å². The van der Waals surface area contributed by atoms with Gasteiger partial charge in [0.05, 0.1) is 13.7 Å². The molecule has 146 valence electrons. The maximum atomic E-state index is 12.9. The molecule has 0 aliphatic carbocycles. The number of nitrogens with one attached hydrogen (secondary N) is 1. The zero-order valence-electron chi connectivity index (χ0n) is 15.8. The fourth-order valence-electron chi connectivity index (χ4n) is 2.82. The van der Waals surface area contributed by atoms with Gasteiger partial charge in [0.25, 0.3) is 5.56 Å². The number of methoxy groups -OCH3 is 1. The molecule has 0 aliphatic rings. The normalized spacial score (nSPS) is 10.7. The first-order chi connectivity index (χ1) is 13.5. The van der Waals surface area contributed by atoms with Gasteiger partial charge in [-0.25, -0.2) is 14.3 Å². The number of hydrogen-bond donors (Lipinski definition) is 1. The number of pyridine rings is 1. The number of aryl methyl sites for hydroxylation is 1. The number of benzene rings is 1. The summed E-state index contributed by atoms with van der Waals surface area (Å²) in [6, 6.07) is 8.26. The lowest BCUT2D eigenvalue weighted by Crippen LogP contribution is -2.42. The molecule has 0 spiro atoms. The van der Waals surface area contributed by atoms with Crippen molar-refractivity contribution in [3.63, 3.8) is 0 Å². The van der Waals surface area contributed by atoms with Crippen molar-refractivity contribution >= 4 is 22.6 Å². The van der Waals surface area contributed by atoms with Crippen LogP contribution in [-0.4, -0.2) is 33.7 Å². The molecule has 2 aromatic heterocycles. The number of nitrogens with zero attached hydrogens (tertiary/aromatic N) is 3. The molecule has 0 atom stereocenters. The second-order valence-electron chi connectivity index (χ2n) is 5.95. The summed E-state index contributed by atoms with van der Waals surface area (Å²) in [4.78, 5) is 42.0. The quantitative estimate of drug-likeness (QED) is 0.683. The van der Waals surface area contributed by atoms with Crippen LogP contribution < -0.4 is 26.0 Å².